The number of para-hydroxylation sites is 1. The van der Waals surface area contributed by atoms with Gasteiger partial charge >= 0.3 is 12.2 Å². The lowest BCUT2D eigenvalue weighted by Crippen LogP contribution is -2.55. The fraction of sp³-hybridized carbons (Fsp3) is 0.448. The summed E-state index contributed by atoms with van der Waals surface area (Å²) in [6, 6.07) is 9.86. The van der Waals surface area contributed by atoms with E-state index >= 15 is 0 Å². The van der Waals surface area contributed by atoms with Crippen molar-refractivity contribution in [2.45, 2.75) is 63.3 Å². The number of urea groups is 1. The summed E-state index contributed by atoms with van der Waals surface area (Å²) in [5, 5.41) is 4.46. The molecule has 6 nitrogen and oxygen atoms in total. The minimum atomic E-state index is -4.53. The molecule has 3 aliphatic rings. The number of rotatable bonds is 5. The summed E-state index contributed by atoms with van der Waals surface area (Å²) in [5.41, 5.74) is 1.80. The molecule has 39 heavy (non-hydrogen) atoms. The summed E-state index contributed by atoms with van der Waals surface area (Å²) in [6.45, 7) is 2.89. The monoisotopic (exact) mass is 541 g/mol. The van der Waals surface area contributed by atoms with Gasteiger partial charge in [0.2, 0.25) is 0 Å². The number of anilines is 2. The quantitative estimate of drug-likeness (QED) is 0.341. The van der Waals surface area contributed by atoms with E-state index in [1.54, 1.807) is 28.8 Å². The highest BCUT2D eigenvalue weighted by Gasteiger charge is 2.43. The smallest absolute Gasteiger partial charge is 0.369 e. The van der Waals surface area contributed by atoms with E-state index in [0.717, 1.165) is 30.0 Å². The molecule has 1 atom stereocenters. The van der Waals surface area contributed by atoms with E-state index in [-0.39, 0.29) is 36.0 Å². The Hall–Kier alpha value is -3.56. The number of halogens is 4. The standard InChI is InChI=1S/C29H31F4N5O/c1-18-23-17-35(2)34-27(23)37(16-20-6-3-4-8-24(20)29(31,32)33)28(39)38(18)21-12-14-36(15-13-21)26-22(19-10-11-19)7-5-9-25(26)30/h3-9,17-19,21H,10-16H2,1-2H3/t18-/m0/s1. The molecule has 3 heterocycles. The zero-order valence-corrected chi connectivity index (χ0v) is 22.0. The van der Waals surface area contributed by atoms with Crippen molar-refractivity contribution in [3.63, 3.8) is 0 Å². The summed E-state index contributed by atoms with van der Waals surface area (Å²) in [4.78, 5) is 19.2. The Balaban J connectivity index is 1.27. The molecule has 1 aliphatic carbocycles. The fourth-order valence-electron chi connectivity index (χ4n) is 6.22. The highest BCUT2D eigenvalue weighted by Crippen LogP contribution is 2.46. The van der Waals surface area contributed by atoms with E-state index in [0.29, 0.717) is 43.4 Å². The first-order valence-electron chi connectivity index (χ1n) is 13.4. The maximum absolute atomic E-state index is 14.9. The van der Waals surface area contributed by atoms with Crippen molar-refractivity contribution in [3.05, 3.63) is 76.7 Å². The number of alkyl halides is 3. The molecule has 1 aromatic heterocycles. The predicted octanol–water partition coefficient (Wildman–Crippen LogP) is 6.63. The zero-order valence-electron chi connectivity index (χ0n) is 22.0. The second-order valence-electron chi connectivity index (χ2n) is 10.9. The average Bonchev–Trinajstić information content (AvgIpc) is 3.67. The summed E-state index contributed by atoms with van der Waals surface area (Å²) < 4.78 is 57.8. The number of nitrogens with zero attached hydrogens (tertiary/aromatic N) is 5. The van der Waals surface area contributed by atoms with Gasteiger partial charge in [0.05, 0.1) is 23.8 Å². The fourth-order valence-corrected chi connectivity index (χ4v) is 6.22. The highest BCUT2D eigenvalue weighted by atomic mass is 19.4. The zero-order chi connectivity index (χ0) is 27.5. The molecule has 0 spiro atoms. The van der Waals surface area contributed by atoms with Gasteiger partial charge in [0.15, 0.2) is 5.82 Å². The third-order valence-electron chi connectivity index (χ3n) is 8.27. The summed E-state index contributed by atoms with van der Waals surface area (Å²) >= 11 is 0. The van der Waals surface area contributed by atoms with Crippen molar-refractivity contribution in [1.82, 2.24) is 14.7 Å². The Morgan fingerprint density at radius 2 is 1.69 bits per heavy atom. The van der Waals surface area contributed by atoms with E-state index in [4.69, 9.17) is 0 Å². The van der Waals surface area contributed by atoms with Crippen LogP contribution in [0.1, 0.15) is 66.8 Å². The van der Waals surface area contributed by atoms with Gasteiger partial charge in [0.25, 0.3) is 0 Å². The molecule has 2 aliphatic heterocycles. The molecule has 2 fully saturated rings. The maximum atomic E-state index is 14.9. The maximum Gasteiger partial charge on any atom is 0.416 e. The van der Waals surface area contributed by atoms with Crippen LogP contribution in [0, 0.1) is 5.82 Å². The molecule has 1 saturated heterocycles. The van der Waals surface area contributed by atoms with E-state index < -0.39 is 11.7 Å². The third kappa shape index (κ3) is 4.63. The van der Waals surface area contributed by atoms with Crippen LogP contribution in [0.25, 0.3) is 0 Å². The number of hydrogen-bond acceptors (Lipinski definition) is 3. The Morgan fingerprint density at radius 1 is 0.974 bits per heavy atom. The van der Waals surface area contributed by atoms with Crippen LogP contribution in [-0.4, -0.2) is 39.8 Å². The Bertz CT molecular complexity index is 1390. The second-order valence-corrected chi connectivity index (χ2v) is 10.9. The Kier molecular flexibility index (Phi) is 6.31. The van der Waals surface area contributed by atoms with E-state index in [1.165, 1.54) is 23.1 Å². The van der Waals surface area contributed by atoms with Crippen LogP contribution in [0.4, 0.5) is 33.9 Å². The Morgan fingerprint density at radius 3 is 2.38 bits per heavy atom. The number of carbonyl (C=O) groups excluding carboxylic acids is 1. The molecule has 206 valence electrons. The first-order valence-corrected chi connectivity index (χ1v) is 13.4. The molecule has 10 heteroatoms. The number of amides is 2. The van der Waals surface area contributed by atoms with Gasteiger partial charge in [-0.2, -0.15) is 18.3 Å². The van der Waals surface area contributed by atoms with E-state index in [1.807, 2.05) is 19.2 Å². The van der Waals surface area contributed by atoms with Crippen molar-refractivity contribution in [2.24, 2.45) is 7.05 Å². The molecule has 0 unspecified atom stereocenters. The summed E-state index contributed by atoms with van der Waals surface area (Å²) in [5.74, 6) is 0.588. The molecule has 1 saturated carbocycles. The number of aromatic nitrogens is 2. The summed E-state index contributed by atoms with van der Waals surface area (Å²) in [7, 11) is 1.74. The second kappa shape index (κ2) is 9.57. The first kappa shape index (κ1) is 25.7. The van der Waals surface area contributed by atoms with Crippen LogP contribution in [0.5, 0.6) is 0 Å². The van der Waals surface area contributed by atoms with Gasteiger partial charge in [0, 0.05) is 37.9 Å². The summed E-state index contributed by atoms with van der Waals surface area (Å²) in [6.07, 6.45) is 0.724. The molecular formula is C29H31F4N5O. The lowest BCUT2D eigenvalue weighted by molar-refractivity contribution is -0.138. The van der Waals surface area contributed by atoms with Crippen molar-refractivity contribution in [1.29, 1.82) is 0 Å². The molecule has 2 amide bonds. The number of fused-ring (bicyclic) bond motifs is 1. The van der Waals surface area contributed by atoms with Crippen molar-refractivity contribution < 1.29 is 22.4 Å². The number of benzene rings is 2. The minimum absolute atomic E-state index is 0.0198. The normalized spacial score (nSPS) is 20.5. The third-order valence-corrected chi connectivity index (χ3v) is 8.27. The van der Waals surface area contributed by atoms with Crippen LogP contribution >= 0.6 is 0 Å². The molecule has 0 bridgehead atoms. The average molecular weight is 542 g/mol. The van der Waals surface area contributed by atoms with Gasteiger partial charge in [0.1, 0.15) is 5.82 Å². The van der Waals surface area contributed by atoms with Crippen molar-refractivity contribution in [3.8, 4) is 0 Å². The largest absolute Gasteiger partial charge is 0.416 e. The van der Waals surface area contributed by atoms with Crippen molar-refractivity contribution >= 4 is 17.5 Å². The van der Waals surface area contributed by atoms with Gasteiger partial charge in [-0.1, -0.05) is 30.3 Å². The number of aryl methyl sites for hydroxylation is 1. The van der Waals surface area contributed by atoms with Crippen LogP contribution < -0.4 is 9.80 Å². The predicted molar refractivity (Wildman–Crippen MR) is 140 cm³/mol. The molecule has 2 aromatic carbocycles. The molecule has 6 rings (SSSR count). The van der Waals surface area contributed by atoms with Gasteiger partial charge in [-0.15, -0.1) is 0 Å². The van der Waals surface area contributed by atoms with Gasteiger partial charge in [-0.05, 0) is 61.8 Å². The van der Waals surface area contributed by atoms with Crippen LogP contribution in [0.2, 0.25) is 0 Å². The van der Waals surface area contributed by atoms with Gasteiger partial charge in [-0.3, -0.25) is 9.58 Å². The van der Waals surface area contributed by atoms with Crippen LogP contribution in [-0.2, 0) is 19.8 Å². The molecular weight excluding hydrogens is 510 g/mol. The molecule has 0 N–H and O–H groups in total. The topological polar surface area (TPSA) is 44.6 Å². The number of hydrogen-bond donors (Lipinski definition) is 0. The number of piperidine rings is 1. The van der Waals surface area contributed by atoms with E-state index in [9.17, 15) is 22.4 Å². The molecule has 0 radical (unpaired) electrons. The van der Waals surface area contributed by atoms with Crippen LogP contribution in [0.3, 0.4) is 0 Å². The number of carbonyl (C=O) groups is 1. The SMILES string of the molecule is C[C@H]1c2cn(C)nc2N(Cc2ccccc2C(F)(F)F)C(=O)N1C1CCN(c2c(F)cccc2C2CC2)CC1. The van der Waals surface area contributed by atoms with Crippen LogP contribution in [0.15, 0.2) is 48.7 Å². The lowest BCUT2D eigenvalue weighted by Gasteiger charge is -2.46. The lowest BCUT2D eigenvalue weighted by atomic mass is 9.96. The van der Waals surface area contributed by atoms with Crippen molar-refractivity contribution in [2.75, 3.05) is 22.9 Å². The first-order chi connectivity index (χ1) is 18.6. The van der Waals surface area contributed by atoms with Gasteiger partial charge in [-0.25, -0.2) is 9.18 Å². The van der Waals surface area contributed by atoms with E-state index in [2.05, 4.69) is 10.00 Å². The van der Waals surface area contributed by atoms with Gasteiger partial charge < -0.3 is 9.80 Å². The Labute approximate surface area is 224 Å². The highest BCUT2D eigenvalue weighted by molar-refractivity contribution is 5.94. The minimum Gasteiger partial charge on any atom is -0.369 e. The molecule has 3 aromatic rings.